The average Bonchev–Trinajstić information content (AvgIpc) is 2.45. The van der Waals surface area contributed by atoms with E-state index in [1.807, 2.05) is 0 Å². The van der Waals surface area contributed by atoms with Gasteiger partial charge in [-0.25, -0.2) is 0 Å². The van der Waals surface area contributed by atoms with Crippen molar-refractivity contribution < 1.29 is 9.90 Å². The van der Waals surface area contributed by atoms with Gasteiger partial charge in [-0.3, -0.25) is 9.69 Å². The zero-order valence-electron chi connectivity index (χ0n) is 11.0. The van der Waals surface area contributed by atoms with Crippen molar-refractivity contribution >= 4 is 5.97 Å². The normalized spacial score (nSPS) is 24.2. The van der Waals surface area contributed by atoms with Gasteiger partial charge in [-0.05, 0) is 38.5 Å². The Balaban J connectivity index is 2.54. The first-order valence-corrected chi connectivity index (χ1v) is 6.29. The number of hydrogen-bond acceptors (Lipinski definition) is 2. The Morgan fingerprint density at radius 2 is 2.12 bits per heavy atom. The molecule has 0 aromatic rings. The predicted molar refractivity (Wildman–Crippen MR) is 65.5 cm³/mol. The van der Waals surface area contributed by atoms with Crippen LogP contribution in [0.15, 0.2) is 0 Å². The summed E-state index contributed by atoms with van der Waals surface area (Å²) in [7, 11) is 0. The molecular formula is C13H25NO2. The Labute approximate surface area is 98.8 Å². The summed E-state index contributed by atoms with van der Waals surface area (Å²) in [4.78, 5) is 13.0. The third-order valence-electron chi connectivity index (χ3n) is 3.66. The van der Waals surface area contributed by atoms with E-state index in [2.05, 4.69) is 32.6 Å². The molecule has 0 saturated heterocycles. The average molecular weight is 227 g/mol. The van der Waals surface area contributed by atoms with E-state index in [9.17, 15) is 4.79 Å². The molecule has 1 N–H and O–H groups in total. The van der Waals surface area contributed by atoms with Crippen LogP contribution in [-0.4, -0.2) is 34.6 Å². The van der Waals surface area contributed by atoms with Gasteiger partial charge in [0.2, 0.25) is 0 Å². The molecule has 3 nitrogen and oxygen atoms in total. The molecule has 0 aromatic carbocycles. The monoisotopic (exact) mass is 227 g/mol. The number of carboxylic acids is 1. The molecule has 0 bridgehead atoms. The third-order valence-corrected chi connectivity index (χ3v) is 3.66. The third kappa shape index (κ3) is 3.78. The van der Waals surface area contributed by atoms with Gasteiger partial charge < -0.3 is 5.11 Å². The minimum absolute atomic E-state index is 0.259. The summed E-state index contributed by atoms with van der Waals surface area (Å²) in [5.41, 5.74) is 0.432. The van der Waals surface area contributed by atoms with E-state index in [0.717, 1.165) is 0 Å². The summed E-state index contributed by atoms with van der Waals surface area (Å²) in [6.45, 7) is 9.62. The van der Waals surface area contributed by atoms with Crippen molar-refractivity contribution in [2.24, 2.45) is 5.41 Å². The molecule has 1 saturated carbocycles. The van der Waals surface area contributed by atoms with Crippen molar-refractivity contribution in [3.63, 3.8) is 0 Å². The predicted octanol–water partition coefficient (Wildman–Crippen LogP) is 2.75. The number of carbonyl (C=O) groups is 1. The summed E-state index contributed by atoms with van der Waals surface area (Å²) in [5, 5.41) is 8.76. The molecule has 94 valence electrons. The largest absolute Gasteiger partial charge is 0.481 e. The number of carboxylic acid groups (broad SMARTS) is 1. The van der Waals surface area contributed by atoms with E-state index in [1.54, 1.807) is 0 Å². The Morgan fingerprint density at radius 3 is 2.50 bits per heavy atom. The van der Waals surface area contributed by atoms with Gasteiger partial charge >= 0.3 is 5.97 Å². The van der Waals surface area contributed by atoms with E-state index in [-0.39, 0.29) is 6.42 Å². The van der Waals surface area contributed by atoms with Crippen LogP contribution in [0.2, 0.25) is 0 Å². The zero-order chi connectivity index (χ0) is 12.3. The SMILES string of the molecule is CC(C)N(CCC(=O)O)C1CCC(C)(C)C1. The number of nitrogens with zero attached hydrogens (tertiary/aromatic N) is 1. The standard InChI is InChI=1S/C13H25NO2/c1-10(2)14(8-6-12(15)16)11-5-7-13(3,4)9-11/h10-11H,5-9H2,1-4H3,(H,15,16). The molecule has 16 heavy (non-hydrogen) atoms. The molecule has 0 heterocycles. The van der Waals surface area contributed by atoms with Crippen molar-refractivity contribution in [3.05, 3.63) is 0 Å². The van der Waals surface area contributed by atoms with Gasteiger partial charge in [0.05, 0.1) is 6.42 Å². The smallest absolute Gasteiger partial charge is 0.304 e. The molecular weight excluding hydrogens is 202 g/mol. The lowest BCUT2D eigenvalue weighted by Gasteiger charge is -2.33. The van der Waals surface area contributed by atoms with Crippen molar-refractivity contribution in [2.75, 3.05) is 6.54 Å². The van der Waals surface area contributed by atoms with Gasteiger partial charge in [-0.15, -0.1) is 0 Å². The molecule has 1 rings (SSSR count). The van der Waals surface area contributed by atoms with Crippen molar-refractivity contribution in [2.45, 2.75) is 65.5 Å². The molecule has 1 atom stereocenters. The van der Waals surface area contributed by atoms with E-state index < -0.39 is 5.97 Å². The van der Waals surface area contributed by atoms with Crippen LogP contribution < -0.4 is 0 Å². The molecule has 0 aliphatic heterocycles. The lowest BCUT2D eigenvalue weighted by molar-refractivity contribution is -0.137. The Kier molecular flexibility index (Phi) is 4.36. The molecule has 0 radical (unpaired) electrons. The van der Waals surface area contributed by atoms with E-state index in [4.69, 9.17) is 5.11 Å². The number of aliphatic carboxylic acids is 1. The fourth-order valence-electron chi connectivity index (χ4n) is 2.77. The van der Waals surface area contributed by atoms with Crippen LogP contribution in [-0.2, 0) is 4.79 Å². The summed E-state index contributed by atoms with van der Waals surface area (Å²) in [6, 6.07) is 1.02. The molecule has 1 aliphatic rings. The van der Waals surface area contributed by atoms with E-state index in [0.29, 0.717) is 24.0 Å². The van der Waals surface area contributed by atoms with Crippen LogP contribution in [0.5, 0.6) is 0 Å². The first-order chi connectivity index (χ1) is 7.32. The number of hydrogen-bond donors (Lipinski definition) is 1. The lowest BCUT2D eigenvalue weighted by Crippen LogP contribution is -2.40. The molecule has 0 spiro atoms. The molecule has 0 amide bonds. The van der Waals surface area contributed by atoms with Crippen LogP contribution >= 0.6 is 0 Å². The second-order valence-electron chi connectivity index (χ2n) is 6.04. The molecule has 1 aliphatic carbocycles. The van der Waals surface area contributed by atoms with Crippen molar-refractivity contribution in [1.29, 1.82) is 0 Å². The zero-order valence-corrected chi connectivity index (χ0v) is 11.0. The summed E-state index contributed by atoms with van der Waals surface area (Å²) in [6.07, 6.45) is 3.93. The van der Waals surface area contributed by atoms with E-state index in [1.165, 1.54) is 19.3 Å². The highest BCUT2D eigenvalue weighted by atomic mass is 16.4. The minimum Gasteiger partial charge on any atom is -0.481 e. The van der Waals surface area contributed by atoms with Crippen LogP contribution in [0.4, 0.5) is 0 Å². The van der Waals surface area contributed by atoms with Gasteiger partial charge in [0.1, 0.15) is 0 Å². The van der Waals surface area contributed by atoms with E-state index >= 15 is 0 Å². The summed E-state index contributed by atoms with van der Waals surface area (Å²) < 4.78 is 0. The minimum atomic E-state index is -0.692. The maximum Gasteiger partial charge on any atom is 0.304 e. The summed E-state index contributed by atoms with van der Waals surface area (Å²) >= 11 is 0. The molecule has 0 aromatic heterocycles. The highest BCUT2D eigenvalue weighted by Crippen LogP contribution is 2.39. The Hall–Kier alpha value is -0.570. The van der Waals surface area contributed by atoms with Crippen LogP contribution in [0.3, 0.4) is 0 Å². The van der Waals surface area contributed by atoms with Gasteiger partial charge in [0, 0.05) is 18.6 Å². The Morgan fingerprint density at radius 1 is 1.50 bits per heavy atom. The first kappa shape index (κ1) is 13.5. The lowest BCUT2D eigenvalue weighted by atomic mass is 9.91. The summed E-state index contributed by atoms with van der Waals surface area (Å²) in [5.74, 6) is -0.692. The number of rotatable bonds is 5. The highest BCUT2D eigenvalue weighted by molar-refractivity contribution is 5.66. The second kappa shape index (κ2) is 5.17. The van der Waals surface area contributed by atoms with Gasteiger partial charge in [-0.1, -0.05) is 13.8 Å². The fourth-order valence-corrected chi connectivity index (χ4v) is 2.77. The van der Waals surface area contributed by atoms with Crippen molar-refractivity contribution in [3.8, 4) is 0 Å². The van der Waals surface area contributed by atoms with Crippen LogP contribution in [0.25, 0.3) is 0 Å². The molecule has 3 heteroatoms. The van der Waals surface area contributed by atoms with Crippen LogP contribution in [0, 0.1) is 5.41 Å². The Bertz CT molecular complexity index is 248. The maximum absolute atomic E-state index is 10.6. The molecule has 1 fully saturated rings. The maximum atomic E-state index is 10.6. The second-order valence-corrected chi connectivity index (χ2v) is 6.04. The van der Waals surface area contributed by atoms with Gasteiger partial charge in [-0.2, -0.15) is 0 Å². The first-order valence-electron chi connectivity index (χ1n) is 6.29. The quantitative estimate of drug-likeness (QED) is 0.785. The topological polar surface area (TPSA) is 40.5 Å². The highest BCUT2D eigenvalue weighted by Gasteiger charge is 2.35. The van der Waals surface area contributed by atoms with Crippen LogP contribution in [0.1, 0.15) is 53.4 Å². The van der Waals surface area contributed by atoms with Gasteiger partial charge in [0.15, 0.2) is 0 Å². The van der Waals surface area contributed by atoms with Gasteiger partial charge in [0.25, 0.3) is 0 Å². The molecule has 1 unspecified atom stereocenters. The van der Waals surface area contributed by atoms with Crippen molar-refractivity contribution in [1.82, 2.24) is 4.90 Å². The fraction of sp³-hybridized carbons (Fsp3) is 0.923.